The Hall–Kier alpha value is -1.40. The normalized spacial score (nSPS) is 24.4. The number of halogens is 1. The third-order valence-electron chi connectivity index (χ3n) is 4.30. The number of nitrogens with zero attached hydrogens (tertiary/aromatic N) is 1. The van der Waals surface area contributed by atoms with Crippen molar-refractivity contribution in [1.29, 1.82) is 0 Å². The number of thiocarbonyl (C=S) groups is 1. The van der Waals surface area contributed by atoms with Gasteiger partial charge in [-0.1, -0.05) is 38.3 Å². The molecule has 1 aromatic rings. The molecule has 0 aliphatic heterocycles. The molecule has 7 heteroatoms. The fraction of sp³-hybridized carbons (Fsp3) is 0.533. The quantitative estimate of drug-likeness (QED) is 0.439. The van der Waals surface area contributed by atoms with Gasteiger partial charge in [0.1, 0.15) is 5.15 Å². The van der Waals surface area contributed by atoms with Crippen LogP contribution in [0.1, 0.15) is 43.5 Å². The summed E-state index contributed by atoms with van der Waals surface area (Å²) in [4.78, 5) is 15.8. The van der Waals surface area contributed by atoms with E-state index in [4.69, 9.17) is 23.8 Å². The van der Waals surface area contributed by atoms with Gasteiger partial charge >= 0.3 is 0 Å². The number of carbonyl (C=O) groups is 1. The molecule has 1 aliphatic carbocycles. The van der Waals surface area contributed by atoms with Crippen molar-refractivity contribution in [2.45, 2.75) is 39.2 Å². The summed E-state index contributed by atoms with van der Waals surface area (Å²) in [5, 5.41) is 4.06. The van der Waals surface area contributed by atoms with E-state index in [-0.39, 0.29) is 5.91 Å². The first-order valence-electron chi connectivity index (χ1n) is 7.45. The monoisotopic (exact) mass is 340 g/mol. The topological polar surface area (TPSA) is 66.0 Å². The predicted octanol–water partition coefficient (Wildman–Crippen LogP) is 2.67. The number of carbonyl (C=O) groups excluding carboxylic acids is 1. The average molecular weight is 341 g/mol. The molecule has 1 heterocycles. The van der Waals surface area contributed by atoms with Crippen molar-refractivity contribution in [1.82, 2.24) is 21.2 Å². The standard InChI is InChI=1S/C15H21ClN4OS/c1-9-4-3-5-12(10(9)2)18-15(22)20-19-14(21)11-6-7-13(16)17-8-11/h6-10,12H,3-5H2,1-2H3,(H,19,21)(H2,18,20,22)/t9-,10-,12+/m1/s1. The molecule has 0 unspecified atom stereocenters. The minimum absolute atomic E-state index is 0.307. The highest BCUT2D eigenvalue weighted by molar-refractivity contribution is 7.80. The lowest BCUT2D eigenvalue weighted by Gasteiger charge is -2.35. The Balaban J connectivity index is 1.80. The van der Waals surface area contributed by atoms with E-state index in [1.165, 1.54) is 19.0 Å². The smallest absolute Gasteiger partial charge is 0.271 e. The third kappa shape index (κ3) is 4.55. The number of hydrogen-bond donors (Lipinski definition) is 3. The summed E-state index contributed by atoms with van der Waals surface area (Å²) < 4.78 is 0. The molecule has 120 valence electrons. The Morgan fingerprint density at radius 3 is 2.77 bits per heavy atom. The van der Waals surface area contributed by atoms with Gasteiger partial charge in [-0.2, -0.15) is 0 Å². The van der Waals surface area contributed by atoms with Crippen LogP contribution in [0.3, 0.4) is 0 Å². The Labute approximate surface area is 141 Å². The Kier molecular flexibility index (Phi) is 5.97. The number of hydrogen-bond acceptors (Lipinski definition) is 3. The van der Waals surface area contributed by atoms with E-state index in [2.05, 4.69) is 35.0 Å². The van der Waals surface area contributed by atoms with Gasteiger partial charge in [0.2, 0.25) is 0 Å². The molecule has 0 aromatic carbocycles. The van der Waals surface area contributed by atoms with Crippen LogP contribution in [0.5, 0.6) is 0 Å². The van der Waals surface area contributed by atoms with Gasteiger partial charge in [-0.3, -0.25) is 15.6 Å². The van der Waals surface area contributed by atoms with Gasteiger partial charge in [0.05, 0.1) is 5.56 Å². The van der Waals surface area contributed by atoms with E-state index >= 15 is 0 Å². The van der Waals surface area contributed by atoms with E-state index in [0.29, 0.717) is 33.7 Å². The molecule has 1 aromatic heterocycles. The maximum absolute atomic E-state index is 11.9. The largest absolute Gasteiger partial charge is 0.358 e. The molecule has 22 heavy (non-hydrogen) atoms. The summed E-state index contributed by atoms with van der Waals surface area (Å²) >= 11 is 10.9. The van der Waals surface area contributed by atoms with Crippen molar-refractivity contribution in [3.8, 4) is 0 Å². The fourth-order valence-electron chi connectivity index (χ4n) is 2.69. The van der Waals surface area contributed by atoms with Crippen molar-refractivity contribution in [3.63, 3.8) is 0 Å². The molecular formula is C15H21ClN4OS. The van der Waals surface area contributed by atoms with Crippen LogP contribution in [-0.4, -0.2) is 22.0 Å². The molecule has 1 fully saturated rings. The maximum Gasteiger partial charge on any atom is 0.271 e. The first-order chi connectivity index (χ1) is 10.5. The molecule has 0 spiro atoms. The molecular weight excluding hydrogens is 320 g/mol. The van der Waals surface area contributed by atoms with Crippen molar-refractivity contribution < 1.29 is 4.79 Å². The van der Waals surface area contributed by atoms with Crippen LogP contribution < -0.4 is 16.2 Å². The van der Waals surface area contributed by atoms with Crippen LogP contribution in [0.2, 0.25) is 5.15 Å². The Morgan fingerprint density at radius 1 is 1.32 bits per heavy atom. The summed E-state index contributed by atoms with van der Waals surface area (Å²) in [6.07, 6.45) is 4.98. The molecule has 3 N–H and O–H groups in total. The molecule has 1 amide bonds. The molecule has 5 nitrogen and oxygen atoms in total. The SMILES string of the molecule is C[C@@H]1[C@H](C)CCC[C@@H]1NC(=S)NNC(=O)c1ccc(Cl)nc1. The van der Waals surface area contributed by atoms with Crippen LogP contribution in [0.15, 0.2) is 18.3 Å². The van der Waals surface area contributed by atoms with E-state index in [1.807, 2.05) is 0 Å². The molecule has 0 saturated heterocycles. The van der Waals surface area contributed by atoms with Crippen molar-refractivity contribution in [3.05, 3.63) is 29.0 Å². The Bertz CT molecular complexity index is 537. The second-order valence-electron chi connectivity index (χ2n) is 5.80. The predicted molar refractivity (Wildman–Crippen MR) is 91.5 cm³/mol. The first kappa shape index (κ1) is 17.0. The molecule has 3 atom stereocenters. The number of rotatable bonds is 2. The lowest BCUT2D eigenvalue weighted by Crippen LogP contribution is -2.52. The van der Waals surface area contributed by atoms with E-state index in [9.17, 15) is 4.79 Å². The lowest BCUT2D eigenvalue weighted by atomic mass is 9.78. The summed E-state index contributed by atoms with van der Waals surface area (Å²) in [5.74, 6) is 0.937. The second-order valence-corrected chi connectivity index (χ2v) is 6.59. The van der Waals surface area contributed by atoms with Gasteiger partial charge < -0.3 is 5.32 Å². The summed E-state index contributed by atoms with van der Waals surface area (Å²) in [6.45, 7) is 4.51. The zero-order chi connectivity index (χ0) is 16.1. The molecule has 0 bridgehead atoms. The minimum atomic E-state index is -0.307. The zero-order valence-corrected chi connectivity index (χ0v) is 14.3. The maximum atomic E-state index is 11.9. The van der Waals surface area contributed by atoms with E-state index in [1.54, 1.807) is 12.1 Å². The van der Waals surface area contributed by atoms with Gasteiger partial charge in [0.15, 0.2) is 5.11 Å². The van der Waals surface area contributed by atoms with Gasteiger partial charge in [-0.05, 0) is 42.6 Å². The molecule has 1 aliphatic rings. The van der Waals surface area contributed by atoms with Crippen molar-refractivity contribution in [2.24, 2.45) is 11.8 Å². The van der Waals surface area contributed by atoms with Gasteiger partial charge in [-0.25, -0.2) is 4.98 Å². The van der Waals surface area contributed by atoms with Crippen molar-refractivity contribution >= 4 is 34.8 Å². The molecule has 2 rings (SSSR count). The highest BCUT2D eigenvalue weighted by Crippen LogP contribution is 2.29. The third-order valence-corrected chi connectivity index (χ3v) is 4.75. The van der Waals surface area contributed by atoms with E-state index < -0.39 is 0 Å². The number of amides is 1. The van der Waals surface area contributed by atoms with Gasteiger partial charge in [0.25, 0.3) is 5.91 Å². The molecule has 0 radical (unpaired) electrons. The first-order valence-corrected chi connectivity index (χ1v) is 8.24. The Morgan fingerprint density at radius 2 is 2.09 bits per heavy atom. The van der Waals surface area contributed by atoms with Crippen LogP contribution in [0, 0.1) is 11.8 Å². The number of hydrazine groups is 1. The van der Waals surface area contributed by atoms with Crippen molar-refractivity contribution in [2.75, 3.05) is 0 Å². The summed E-state index contributed by atoms with van der Waals surface area (Å²) in [5.41, 5.74) is 5.71. The minimum Gasteiger partial charge on any atom is -0.358 e. The summed E-state index contributed by atoms with van der Waals surface area (Å²) in [7, 11) is 0. The fourth-order valence-corrected chi connectivity index (χ4v) is 3.00. The van der Waals surface area contributed by atoms with Crippen LogP contribution in [-0.2, 0) is 0 Å². The summed E-state index contributed by atoms with van der Waals surface area (Å²) in [6, 6.07) is 3.52. The highest BCUT2D eigenvalue weighted by Gasteiger charge is 2.27. The second kappa shape index (κ2) is 7.74. The number of aromatic nitrogens is 1. The van der Waals surface area contributed by atoms with E-state index in [0.717, 1.165) is 6.42 Å². The number of pyridine rings is 1. The highest BCUT2D eigenvalue weighted by atomic mass is 35.5. The molecule has 1 saturated carbocycles. The number of nitrogens with one attached hydrogen (secondary N) is 3. The lowest BCUT2D eigenvalue weighted by molar-refractivity contribution is 0.0943. The van der Waals surface area contributed by atoms with Crippen LogP contribution >= 0.6 is 23.8 Å². The van der Waals surface area contributed by atoms with Gasteiger partial charge in [-0.15, -0.1) is 0 Å². The van der Waals surface area contributed by atoms with Gasteiger partial charge in [0, 0.05) is 12.2 Å². The zero-order valence-electron chi connectivity index (χ0n) is 12.7. The average Bonchev–Trinajstić information content (AvgIpc) is 2.50. The van der Waals surface area contributed by atoms with Crippen LogP contribution in [0.4, 0.5) is 0 Å². The van der Waals surface area contributed by atoms with Crippen LogP contribution in [0.25, 0.3) is 0 Å².